The van der Waals surface area contributed by atoms with Crippen LogP contribution in [0.15, 0.2) is 109 Å². The highest BCUT2D eigenvalue weighted by atomic mass is 79.9. The van der Waals surface area contributed by atoms with E-state index >= 15 is 0 Å². The van der Waals surface area contributed by atoms with Gasteiger partial charge in [0.15, 0.2) is 0 Å². The van der Waals surface area contributed by atoms with Crippen molar-refractivity contribution >= 4 is 69.4 Å². The van der Waals surface area contributed by atoms with Gasteiger partial charge in [0, 0.05) is 24.0 Å². The molecule has 2 N–H and O–H groups in total. The molecular weight excluding hydrogens is 670 g/mol. The molecule has 0 radical (unpaired) electrons. The first-order chi connectivity index (χ1) is 14.8. The lowest BCUT2D eigenvalue weighted by Gasteiger charge is -2.04. The summed E-state index contributed by atoms with van der Waals surface area (Å²) in [4.78, 5) is 10.6. The van der Waals surface area contributed by atoms with Gasteiger partial charge in [0.1, 0.15) is 0 Å². The summed E-state index contributed by atoms with van der Waals surface area (Å²) in [6, 6.07) is 29.1. The summed E-state index contributed by atoms with van der Waals surface area (Å²) < 4.78 is 3.86. The molecule has 4 rings (SSSR count). The Hall–Kier alpha value is -1.84. The van der Waals surface area contributed by atoms with E-state index in [0.717, 1.165) is 19.0 Å². The second-order valence-electron chi connectivity index (χ2n) is 6.44. The number of nitrogens with zero attached hydrogens (tertiary/aromatic N) is 1. The van der Waals surface area contributed by atoms with Crippen molar-refractivity contribution in [3.05, 3.63) is 119 Å². The lowest BCUT2D eigenvalue weighted by molar-refractivity contribution is -0.384. The standard InChI is InChI=1S/C12H7Br2NO2.C12H8Br2.H2O/c13-9-3-1-8(2-4-9)11-6-5-10(14)7-12(11)15(16)17;13-11-5-1-9(2-6-11)10-3-7-12(14)8-4-10;/h1-7H;1-8H;1H2. The van der Waals surface area contributed by atoms with E-state index in [9.17, 15) is 10.1 Å². The van der Waals surface area contributed by atoms with E-state index in [4.69, 9.17) is 0 Å². The van der Waals surface area contributed by atoms with Crippen LogP contribution in [-0.4, -0.2) is 10.4 Å². The Morgan fingerprint density at radius 2 is 0.875 bits per heavy atom. The van der Waals surface area contributed by atoms with Crippen LogP contribution >= 0.6 is 63.7 Å². The third-order valence-corrected chi connectivity index (χ3v) is 6.41. The van der Waals surface area contributed by atoms with E-state index in [1.807, 2.05) is 24.3 Å². The van der Waals surface area contributed by atoms with Gasteiger partial charge in [0.05, 0.1) is 10.5 Å². The van der Waals surface area contributed by atoms with E-state index in [1.165, 1.54) is 17.2 Å². The van der Waals surface area contributed by atoms with Crippen molar-refractivity contribution < 1.29 is 10.4 Å². The third-order valence-electron chi connectivity index (χ3n) is 4.33. The SMILES string of the molecule is Brc1ccc(-c2ccc(Br)cc2)cc1.O.O=[N+]([O-])c1cc(Br)ccc1-c1ccc(Br)cc1. The molecule has 0 aliphatic carbocycles. The Morgan fingerprint density at radius 1 is 0.531 bits per heavy atom. The largest absolute Gasteiger partial charge is 0.412 e. The molecule has 0 amide bonds. The topological polar surface area (TPSA) is 74.6 Å². The van der Waals surface area contributed by atoms with Gasteiger partial charge in [-0.3, -0.25) is 10.1 Å². The van der Waals surface area contributed by atoms with Gasteiger partial charge in [-0.1, -0.05) is 100 Å². The average molecular weight is 687 g/mol. The molecule has 0 aliphatic heterocycles. The number of benzene rings is 4. The summed E-state index contributed by atoms with van der Waals surface area (Å²) in [5.74, 6) is 0. The van der Waals surface area contributed by atoms with E-state index in [-0.39, 0.29) is 16.1 Å². The molecule has 4 aromatic carbocycles. The fourth-order valence-electron chi connectivity index (χ4n) is 2.81. The van der Waals surface area contributed by atoms with Gasteiger partial charge in [0.25, 0.3) is 5.69 Å². The zero-order chi connectivity index (χ0) is 22.4. The van der Waals surface area contributed by atoms with Gasteiger partial charge in [-0.15, -0.1) is 0 Å². The van der Waals surface area contributed by atoms with Gasteiger partial charge >= 0.3 is 0 Å². The zero-order valence-corrected chi connectivity index (χ0v) is 22.8. The van der Waals surface area contributed by atoms with Crippen molar-refractivity contribution in [3.63, 3.8) is 0 Å². The monoisotopic (exact) mass is 683 g/mol. The first-order valence-corrected chi connectivity index (χ1v) is 12.2. The quantitative estimate of drug-likeness (QED) is 0.160. The lowest BCUT2D eigenvalue weighted by Crippen LogP contribution is -1.91. The highest BCUT2D eigenvalue weighted by Gasteiger charge is 2.15. The van der Waals surface area contributed by atoms with Gasteiger partial charge in [-0.2, -0.15) is 0 Å². The molecular formula is C24H17Br4NO3. The maximum Gasteiger partial charge on any atom is 0.278 e. The van der Waals surface area contributed by atoms with Crippen LogP contribution in [-0.2, 0) is 0 Å². The van der Waals surface area contributed by atoms with Gasteiger partial charge in [0.2, 0.25) is 0 Å². The average Bonchev–Trinajstić information content (AvgIpc) is 2.76. The highest BCUT2D eigenvalue weighted by molar-refractivity contribution is 9.11. The van der Waals surface area contributed by atoms with E-state index in [1.54, 1.807) is 12.1 Å². The van der Waals surface area contributed by atoms with Crippen molar-refractivity contribution in [2.45, 2.75) is 0 Å². The zero-order valence-electron chi connectivity index (χ0n) is 16.4. The number of hydrogen-bond acceptors (Lipinski definition) is 2. The van der Waals surface area contributed by atoms with Crippen molar-refractivity contribution in [1.29, 1.82) is 0 Å². The van der Waals surface area contributed by atoms with Gasteiger partial charge < -0.3 is 5.48 Å². The van der Waals surface area contributed by atoms with E-state index in [2.05, 4.69) is 112 Å². The molecule has 0 unspecified atom stereocenters. The van der Waals surface area contributed by atoms with Crippen molar-refractivity contribution in [2.24, 2.45) is 0 Å². The Morgan fingerprint density at radius 3 is 1.25 bits per heavy atom. The highest BCUT2D eigenvalue weighted by Crippen LogP contribution is 2.32. The molecule has 0 spiro atoms. The predicted octanol–water partition coefficient (Wildman–Crippen LogP) is 8.84. The Kier molecular flexibility index (Phi) is 10.2. The molecule has 0 saturated carbocycles. The predicted molar refractivity (Wildman–Crippen MR) is 145 cm³/mol. The molecule has 8 heteroatoms. The summed E-state index contributed by atoms with van der Waals surface area (Å²) in [5.41, 5.74) is 4.01. The third kappa shape index (κ3) is 7.35. The second kappa shape index (κ2) is 12.4. The number of nitro benzene ring substituents is 1. The van der Waals surface area contributed by atoms with Crippen LogP contribution in [0, 0.1) is 10.1 Å². The molecule has 4 nitrogen and oxygen atoms in total. The summed E-state index contributed by atoms with van der Waals surface area (Å²) in [6.45, 7) is 0. The lowest BCUT2D eigenvalue weighted by atomic mass is 10.0. The first kappa shape index (κ1) is 26.4. The van der Waals surface area contributed by atoms with Crippen molar-refractivity contribution in [3.8, 4) is 22.3 Å². The van der Waals surface area contributed by atoms with Crippen LogP contribution in [0.4, 0.5) is 5.69 Å². The van der Waals surface area contributed by atoms with Crippen molar-refractivity contribution in [2.75, 3.05) is 0 Å². The van der Waals surface area contributed by atoms with Crippen LogP contribution in [0.2, 0.25) is 0 Å². The molecule has 164 valence electrons. The van der Waals surface area contributed by atoms with Crippen LogP contribution in [0.3, 0.4) is 0 Å². The smallest absolute Gasteiger partial charge is 0.278 e. The summed E-state index contributed by atoms with van der Waals surface area (Å²) in [7, 11) is 0. The molecule has 32 heavy (non-hydrogen) atoms. The van der Waals surface area contributed by atoms with Crippen molar-refractivity contribution in [1.82, 2.24) is 0 Å². The minimum absolute atomic E-state index is 0. The van der Waals surface area contributed by atoms with Crippen LogP contribution in [0.5, 0.6) is 0 Å². The van der Waals surface area contributed by atoms with Crippen LogP contribution in [0.1, 0.15) is 0 Å². The Bertz CT molecular complexity index is 1140. The molecule has 4 aromatic rings. The summed E-state index contributed by atoms with van der Waals surface area (Å²) >= 11 is 13.4. The minimum atomic E-state index is -0.373. The number of halogens is 4. The molecule has 0 aliphatic rings. The van der Waals surface area contributed by atoms with E-state index in [0.29, 0.717) is 10.0 Å². The minimum Gasteiger partial charge on any atom is -0.412 e. The Labute approximate surface area is 219 Å². The normalized spacial score (nSPS) is 9.88. The molecule has 0 saturated heterocycles. The summed E-state index contributed by atoms with van der Waals surface area (Å²) in [6.07, 6.45) is 0. The number of hydrogen-bond donors (Lipinski definition) is 0. The fraction of sp³-hybridized carbons (Fsp3) is 0. The number of nitro groups is 1. The van der Waals surface area contributed by atoms with E-state index < -0.39 is 0 Å². The number of rotatable bonds is 3. The molecule has 0 atom stereocenters. The van der Waals surface area contributed by atoms with Gasteiger partial charge in [-0.25, -0.2) is 0 Å². The molecule has 0 bridgehead atoms. The van der Waals surface area contributed by atoms with Crippen LogP contribution < -0.4 is 0 Å². The summed E-state index contributed by atoms with van der Waals surface area (Å²) in [5, 5.41) is 11.0. The Balaban J connectivity index is 0.000000224. The maximum absolute atomic E-state index is 11.0. The van der Waals surface area contributed by atoms with Gasteiger partial charge in [-0.05, 0) is 65.2 Å². The fourth-order valence-corrected chi connectivity index (χ4v) is 3.96. The molecule has 0 aromatic heterocycles. The first-order valence-electron chi connectivity index (χ1n) is 9.05. The molecule has 0 heterocycles. The maximum atomic E-state index is 11.0. The second-order valence-corrected chi connectivity index (χ2v) is 10.1. The van der Waals surface area contributed by atoms with Crippen LogP contribution in [0.25, 0.3) is 22.3 Å². The molecule has 0 fully saturated rings.